The number of aromatic nitrogens is 1. The fourth-order valence-corrected chi connectivity index (χ4v) is 2.66. The number of nitrogens with one attached hydrogen (secondary N) is 2. The van der Waals surface area contributed by atoms with Gasteiger partial charge < -0.3 is 19.8 Å². The highest BCUT2D eigenvalue weighted by atomic mass is 16.5. The molecule has 1 heterocycles. The van der Waals surface area contributed by atoms with Crippen molar-refractivity contribution in [3.63, 3.8) is 0 Å². The van der Waals surface area contributed by atoms with E-state index >= 15 is 0 Å². The summed E-state index contributed by atoms with van der Waals surface area (Å²) < 4.78 is 10.5. The lowest BCUT2D eigenvalue weighted by Gasteiger charge is -2.20. The molecule has 2 N–H and O–H groups in total. The zero-order valence-electron chi connectivity index (χ0n) is 15.4. The van der Waals surface area contributed by atoms with Crippen molar-refractivity contribution in [1.82, 2.24) is 10.3 Å². The number of oxazole rings is 1. The van der Waals surface area contributed by atoms with Gasteiger partial charge >= 0.3 is 12.0 Å². The molecule has 2 aromatic carbocycles. The first kappa shape index (κ1) is 18.4. The third kappa shape index (κ3) is 4.25. The number of carbonyl (C=O) groups excluding carboxylic acids is 2. The van der Waals surface area contributed by atoms with Gasteiger partial charge in [0.2, 0.25) is 5.89 Å². The number of benzene rings is 2. The Morgan fingerprint density at radius 3 is 2.59 bits per heavy atom. The number of hydrogen-bond donors (Lipinski definition) is 2. The second kappa shape index (κ2) is 7.90. The number of ether oxygens (including phenoxy) is 1. The van der Waals surface area contributed by atoms with Crippen LogP contribution in [-0.4, -0.2) is 30.1 Å². The van der Waals surface area contributed by atoms with Crippen LogP contribution in [-0.2, 0) is 9.53 Å². The van der Waals surface area contributed by atoms with Crippen LogP contribution in [0.5, 0.6) is 0 Å². The van der Waals surface area contributed by atoms with Gasteiger partial charge in [0, 0.05) is 11.3 Å². The third-order valence-electron chi connectivity index (χ3n) is 4.07. The molecule has 27 heavy (non-hydrogen) atoms. The highest BCUT2D eigenvalue weighted by Crippen LogP contribution is 2.26. The van der Waals surface area contributed by atoms with Crippen molar-refractivity contribution in [3.8, 4) is 11.5 Å². The van der Waals surface area contributed by atoms with E-state index in [2.05, 4.69) is 15.6 Å². The number of hydrogen-bond acceptors (Lipinski definition) is 5. The zero-order chi connectivity index (χ0) is 19.4. The Bertz CT molecular complexity index is 932. The first-order chi connectivity index (χ1) is 13.0. The predicted octanol–water partition coefficient (Wildman–Crippen LogP) is 3.81. The maximum atomic E-state index is 12.3. The molecule has 0 fully saturated rings. The first-order valence-corrected chi connectivity index (χ1v) is 8.59. The van der Waals surface area contributed by atoms with Gasteiger partial charge in [-0.3, -0.25) is 0 Å². The van der Waals surface area contributed by atoms with Crippen LogP contribution in [0.25, 0.3) is 22.6 Å². The number of urea groups is 1. The molecule has 0 spiro atoms. The molecule has 7 nitrogen and oxygen atoms in total. The quantitative estimate of drug-likeness (QED) is 0.669. The Labute approximate surface area is 156 Å². The van der Waals surface area contributed by atoms with E-state index < -0.39 is 18.0 Å². The van der Waals surface area contributed by atoms with Crippen LogP contribution < -0.4 is 10.6 Å². The van der Waals surface area contributed by atoms with E-state index in [4.69, 9.17) is 9.15 Å². The number of amides is 2. The van der Waals surface area contributed by atoms with Crippen molar-refractivity contribution in [2.75, 3.05) is 12.4 Å². The van der Waals surface area contributed by atoms with Gasteiger partial charge in [-0.2, -0.15) is 0 Å². The highest BCUT2D eigenvalue weighted by Gasteiger charge is 2.24. The van der Waals surface area contributed by atoms with Gasteiger partial charge in [0.1, 0.15) is 11.6 Å². The summed E-state index contributed by atoms with van der Waals surface area (Å²) in [6.45, 7) is 3.66. The lowest BCUT2D eigenvalue weighted by molar-refractivity contribution is -0.143. The number of esters is 1. The minimum absolute atomic E-state index is 0.103. The summed E-state index contributed by atoms with van der Waals surface area (Å²) in [5, 5.41) is 5.36. The Morgan fingerprint density at radius 2 is 1.89 bits per heavy atom. The molecule has 1 atom stereocenters. The van der Waals surface area contributed by atoms with Crippen LogP contribution in [0.3, 0.4) is 0 Å². The van der Waals surface area contributed by atoms with Crippen LogP contribution in [0.2, 0.25) is 0 Å². The van der Waals surface area contributed by atoms with Crippen molar-refractivity contribution < 1.29 is 18.7 Å². The van der Waals surface area contributed by atoms with Crippen molar-refractivity contribution in [2.45, 2.75) is 19.9 Å². The number of para-hydroxylation sites is 2. The number of carbonyl (C=O) groups is 2. The second-order valence-corrected chi connectivity index (χ2v) is 6.41. The Hall–Kier alpha value is -3.35. The molecule has 0 aliphatic rings. The van der Waals surface area contributed by atoms with E-state index in [1.807, 2.05) is 44.2 Å². The summed E-state index contributed by atoms with van der Waals surface area (Å²) in [5.41, 5.74) is 2.75. The molecule has 0 aliphatic heterocycles. The first-order valence-electron chi connectivity index (χ1n) is 8.59. The number of nitrogens with zero attached hydrogens (tertiary/aromatic N) is 1. The zero-order valence-corrected chi connectivity index (χ0v) is 15.4. The third-order valence-corrected chi connectivity index (χ3v) is 4.07. The van der Waals surface area contributed by atoms with Crippen molar-refractivity contribution in [2.24, 2.45) is 5.92 Å². The SMILES string of the molecule is COC(=O)C(NC(=O)Nc1cccc(-c2nc3ccccc3o2)c1)C(C)C. The minimum Gasteiger partial charge on any atom is -0.467 e. The van der Waals surface area contributed by atoms with E-state index in [9.17, 15) is 9.59 Å². The number of rotatable bonds is 5. The number of anilines is 1. The average Bonchev–Trinajstić information content (AvgIpc) is 3.10. The summed E-state index contributed by atoms with van der Waals surface area (Å²) in [4.78, 5) is 28.5. The standard InChI is InChI=1S/C20H21N3O4/c1-12(2)17(19(24)26-3)23-20(25)21-14-8-6-7-13(11-14)18-22-15-9-4-5-10-16(15)27-18/h4-12,17H,1-3H3,(H2,21,23,25). The summed E-state index contributed by atoms with van der Waals surface area (Å²) in [6, 6.07) is 13.4. The molecule has 3 rings (SSSR count). The number of fused-ring (bicyclic) bond motifs is 1. The Morgan fingerprint density at radius 1 is 1.11 bits per heavy atom. The smallest absolute Gasteiger partial charge is 0.328 e. The van der Waals surface area contributed by atoms with Gasteiger partial charge in [0.05, 0.1) is 7.11 Å². The molecule has 0 saturated carbocycles. The van der Waals surface area contributed by atoms with Gasteiger partial charge in [0.25, 0.3) is 0 Å². The van der Waals surface area contributed by atoms with Crippen LogP contribution in [0.1, 0.15) is 13.8 Å². The average molecular weight is 367 g/mol. The molecule has 3 aromatic rings. The molecular formula is C20H21N3O4. The fraction of sp³-hybridized carbons (Fsp3) is 0.250. The van der Waals surface area contributed by atoms with Crippen LogP contribution in [0.4, 0.5) is 10.5 Å². The fourth-order valence-electron chi connectivity index (χ4n) is 2.66. The molecule has 0 saturated heterocycles. The van der Waals surface area contributed by atoms with E-state index in [0.717, 1.165) is 11.1 Å². The van der Waals surface area contributed by atoms with E-state index in [1.54, 1.807) is 18.2 Å². The maximum absolute atomic E-state index is 12.3. The highest BCUT2D eigenvalue weighted by molar-refractivity contribution is 5.93. The molecule has 0 radical (unpaired) electrons. The minimum atomic E-state index is -0.727. The summed E-state index contributed by atoms with van der Waals surface area (Å²) >= 11 is 0. The molecule has 0 bridgehead atoms. The van der Waals surface area contributed by atoms with Gasteiger partial charge in [-0.1, -0.05) is 32.0 Å². The number of methoxy groups -OCH3 is 1. The summed E-state index contributed by atoms with van der Waals surface area (Å²) in [5.74, 6) is -0.121. The van der Waals surface area contributed by atoms with E-state index in [0.29, 0.717) is 17.2 Å². The molecule has 140 valence electrons. The topological polar surface area (TPSA) is 93.5 Å². The summed E-state index contributed by atoms with van der Waals surface area (Å²) in [6.07, 6.45) is 0. The van der Waals surface area contributed by atoms with E-state index in [-0.39, 0.29) is 5.92 Å². The largest absolute Gasteiger partial charge is 0.467 e. The van der Waals surface area contributed by atoms with Crippen molar-refractivity contribution >= 4 is 28.8 Å². The molecule has 7 heteroatoms. The van der Waals surface area contributed by atoms with Gasteiger partial charge in [-0.25, -0.2) is 14.6 Å². The van der Waals surface area contributed by atoms with Crippen LogP contribution >= 0.6 is 0 Å². The maximum Gasteiger partial charge on any atom is 0.328 e. The Kier molecular flexibility index (Phi) is 5.40. The molecular weight excluding hydrogens is 346 g/mol. The Balaban J connectivity index is 1.75. The van der Waals surface area contributed by atoms with Gasteiger partial charge in [0.15, 0.2) is 5.58 Å². The lowest BCUT2D eigenvalue weighted by Crippen LogP contribution is -2.46. The summed E-state index contributed by atoms with van der Waals surface area (Å²) in [7, 11) is 1.29. The predicted molar refractivity (Wildman–Crippen MR) is 102 cm³/mol. The second-order valence-electron chi connectivity index (χ2n) is 6.41. The normalized spacial score (nSPS) is 12.0. The van der Waals surface area contributed by atoms with Crippen molar-refractivity contribution in [1.29, 1.82) is 0 Å². The lowest BCUT2D eigenvalue weighted by atomic mass is 10.1. The van der Waals surface area contributed by atoms with Crippen molar-refractivity contribution in [3.05, 3.63) is 48.5 Å². The molecule has 1 unspecified atom stereocenters. The molecule has 0 aliphatic carbocycles. The van der Waals surface area contributed by atoms with Crippen LogP contribution in [0.15, 0.2) is 52.9 Å². The van der Waals surface area contributed by atoms with E-state index in [1.165, 1.54) is 7.11 Å². The molecule has 2 amide bonds. The van der Waals surface area contributed by atoms with Gasteiger partial charge in [-0.05, 0) is 36.2 Å². The molecule has 1 aromatic heterocycles. The van der Waals surface area contributed by atoms with Crippen LogP contribution in [0, 0.1) is 5.92 Å². The van der Waals surface area contributed by atoms with Gasteiger partial charge in [-0.15, -0.1) is 0 Å². The monoisotopic (exact) mass is 367 g/mol.